The Morgan fingerprint density at radius 1 is 1.37 bits per heavy atom. The van der Waals surface area contributed by atoms with Crippen molar-refractivity contribution in [3.8, 4) is 0 Å². The van der Waals surface area contributed by atoms with E-state index in [-0.39, 0.29) is 19.6 Å². The summed E-state index contributed by atoms with van der Waals surface area (Å²) in [5.74, 6) is -0.593. The predicted molar refractivity (Wildman–Crippen MR) is 66.6 cm³/mol. The van der Waals surface area contributed by atoms with E-state index >= 15 is 0 Å². The number of ether oxygens (including phenoxy) is 1. The maximum absolute atomic E-state index is 12.4. The lowest BCUT2D eigenvalue weighted by atomic mass is 9.94. The Morgan fingerprint density at radius 3 is 2.26 bits per heavy atom. The van der Waals surface area contributed by atoms with E-state index in [1.165, 1.54) is 11.8 Å². The van der Waals surface area contributed by atoms with E-state index in [4.69, 9.17) is 10.5 Å². The van der Waals surface area contributed by atoms with Gasteiger partial charge in [0.1, 0.15) is 5.54 Å². The summed E-state index contributed by atoms with van der Waals surface area (Å²) in [6.07, 6.45) is -4.16. The van der Waals surface area contributed by atoms with Gasteiger partial charge in [0.2, 0.25) is 0 Å². The highest BCUT2D eigenvalue weighted by atomic mass is 19.4. The second-order valence-corrected chi connectivity index (χ2v) is 4.87. The lowest BCUT2D eigenvalue weighted by molar-refractivity contribution is -0.154. The molecule has 4 nitrogen and oxygen atoms in total. The number of carbonyl (C=O) groups is 1. The van der Waals surface area contributed by atoms with Crippen molar-refractivity contribution in [3.63, 3.8) is 0 Å². The van der Waals surface area contributed by atoms with Gasteiger partial charge in [0, 0.05) is 6.04 Å². The zero-order valence-corrected chi connectivity index (χ0v) is 11.9. The molecule has 2 atom stereocenters. The SMILES string of the molecule is CCOC(=O)C(C)(N)CC(C)N(CC)CC(F)(F)F. The average Bonchev–Trinajstić information content (AvgIpc) is 2.24. The number of nitrogens with two attached hydrogens (primary N) is 1. The molecule has 0 aliphatic carbocycles. The molecule has 0 aliphatic heterocycles. The second-order valence-electron chi connectivity index (χ2n) is 4.87. The van der Waals surface area contributed by atoms with Crippen LogP contribution in [0.3, 0.4) is 0 Å². The topological polar surface area (TPSA) is 55.6 Å². The highest BCUT2D eigenvalue weighted by molar-refractivity contribution is 5.80. The molecule has 2 unspecified atom stereocenters. The fraction of sp³-hybridized carbons (Fsp3) is 0.917. The van der Waals surface area contributed by atoms with E-state index < -0.39 is 30.3 Å². The maximum atomic E-state index is 12.4. The Balaban J connectivity index is 4.63. The van der Waals surface area contributed by atoms with E-state index in [2.05, 4.69) is 0 Å². The summed E-state index contributed by atoms with van der Waals surface area (Å²) in [6.45, 7) is 5.81. The fourth-order valence-corrected chi connectivity index (χ4v) is 1.93. The van der Waals surface area contributed by atoms with Gasteiger partial charge in [-0.15, -0.1) is 0 Å². The van der Waals surface area contributed by atoms with Gasteiger partial charge in [0.05, 0.1) is 13.2 Å². The van der Waals surface area contributed by atoms with Gasteiger partial charge in [-0.05, 0) is 33.7 Å². The Morgan fingerprint density at radius 2 is 1.89 bits per heavy atom. The zero-order valence-electron chi connectivity index (χ0n) is 11.9. The molecular formula is C12H23F3N2O2. The minimum absolute atomic E-state index is 0.107. The van der Waals surface area contributed by atoms with Crippen molar-refractivity contribution in [2.24, 2.45) is 5.73 Å². The first-order chi connectivity index (χ1) is 8.53. The van der Waals surface area contributed by atoms with Crippen molar-refractivity contribution in [3.05, 3.63) is 0 Å². The summed E-state index contributed by atoms with van der Waals surface area (Å²) in [7, 11) is 0. The van der Waals surface area contributed by atoms with Crippen LogP contribution in [0.25, 0.3) is 0 Å². The summed E-state index contributed by atoms with van der Waals surface area (Å²) in [5, 5.41) is 0. The number of hydrogen-bond acceptors (Lipinski definition) is 4. The van der Waals surface area contributed by atoms with E-state index in [0.717, 1.165) is 0 Å². The maximum Gasteiger partial charge on any atom is 0.401 e. The highest BCUT2D eigenvalue weighted by Gasteiger charge is 2.37. The molecule has 0 fully saturated rings. The lowest BCUT2D eigenvalue weighted by Gasteiger charge is -2.33. The number of esters is 1. The molecule has 0 rings (SSSR count). The van der Waals surface area contributed by atoms with Crippen LogP contribution < -0.4 is 5.73 Å². The standard InChI is InChI=1S/C12H23F3N2O2/c1-5-17(8-12(13,14)15)9(3)7-11(4,16)10(18)19-6-2/h9H,5-8,16H2,1-4H3. The van der Waals surface area contributed by atoms with Crippen LogP contribution in [-0.4, -0.2) is 48.3 Å². The normalized spacial score (nSPS) is 17.1. The summed E-state index contributed by atoms with van der Waals surface area (Å²) >= 11 is 0. The molecule has 2 N–H and O–H groups in total. The second kappa shape index (κ2) is 7.09. The Hall–Kier alpha value is -0.820. The first-order valence-corrected chi connectivity index (χ1v) is 6.30. The number of halogens is 3. The molecule has 114 valence electrons. The van der Waals surface area contributed by atoms with Crippen LogP contribution in [0.2, 0.25) is 0 Å². The van der Waals surface area contributed by atoms with E-state index in [1.54, 1.807) is 20.8 Å². The molecule has 19 heavy (non-hydrogen) atoms. The number of carbonyl (C=O) groups excluding carboxylic acids is 1. The molecule has 0 aromatic carbocycles. The minimum atomic E-state index is -4.26. The van der Waals surface area contributed by atoms with E-state index in [9.17, 15) is 18.0 Å². The van der Waals surface area contributed by atoms with Gasteiger partial charge >= 0.3 is 12.1 Å². The van der Waals surface area contributed by atoms with Gasteiger partial charge < -0.3 is 10.5 Å². The van der Waals surface area contributed by atoms with Gasteiger partial charge in [-0.1, -0.05) is 6.92 Å². The molecule has 0 heterocycles. The molecule has 0 spiro atoms. The Labute approximate surface area is 112 Å². The molecule has 0 aromatic heterocycles. The van der Waals surface area contributed by atoms with Crippen LogP contribution in [0.5, 0.6) is 0 Å². The smallest absolute Gasteiger partial charge is 0.401 e. The van der Waals surface area contributed by atoms with Crippen molar-refractivity contribution >= 4 is 5.97 Å². The van der Waals surface area contributed by atoms with Crippen LogP contribution in [0.15, 0.2) is 0 Å². The van der Waals surface area contributed by atoms with Crippen molar-refractivity contribution in [1.29, 1.82) is 0 Å². The molecule has 7 heteroatoms. The molecule has 0 saturated heterocycles. The van der Waals surface area contributed by atoms with Crippen LogP contribution >= 0.6 is 0 Å². The van der Waals surface area contributed by atoms with Gasteiger partial charge in [0.25, 0.3) is 0 Å². The monoisotopic (exact) mass is 284 g/mol. The minimum Gasteiger partial charge on any atom is -0.465 e. The Bertz CT molecular complexity index is 293. The molecular weight excluding hydrogens is 261 g/mol. The number of rotatable bonds is 7. The molecule has 0 aromatic rings. The van der Waals surface area contributed by atoms with E-state index in [1.807, 2.05) is 0 Å². The van der Waals surface area contributed by atoms with Gasteiger partial charge in [-0.25, -0.2) is 0 Å². The first-order valence-electron chi connectivity index (χ1n) is 6.30. The number of nitrogens with zero attached hydrogens (tertiary/aromatic N) is 1. The highest BCUT2D eigenvalue weighted by Crippen LogP contribution is 2.21. The summed E-state index contributed by atoms with van der Waals surface area (Å²) < 4.78 is 42.0. The van der Waals surface area contributed by atoms with Gasteiger partial charge in [0.15, 0.2) is 0 Å². The zero-order chi connectivity index (χ0) is 15.3. The average molecular weight is 284 g/mol. The van der Waals surface area contributed by atoms with Crippen molar-refractivity contribution in [2.45, 2.75) is 51.9 Å². The van der Waals surface area contributed by atoms with Crippen molar-refractivity contribution in [2.75, 3.05) is 19.7 Å². The molecule has 0 saturated carbocycles. The fourth-order valence-electron chi connectivity index (χ4n) is 1.93. The van der Waals surface area contributed by atoms with Crippen LogP contribution in [0.1, 0.15) is 34.1 Å². The number of alkyl halides is 3. The largest absolute Gasteiger partial charge is 0.465 e. The van der Waals surface area contributed by atoms with Gasteiger partial charge in [-0.3, -0.25) is 9.69 Å². The third-order valence-corrected chi connectivity index (χ3v) is 2.87. The number of hydrogen-bond donors (Lipinski definition) is 1. The summed E-state index contributed by atoms with van der Waals surface area (Å²) in [5.41, 5.74) is 4.54. The van der Waals surface area contributed by atoms with Crippen molar-refractivity contribution in [1.82, 2.24) is 4.90 Å². The quantitative estimate of drug-likeness (QED) is 0.726. The molecule has 0 aliphatic rings. The first kappa shape index (κ1) is 18.2. The summed E-state index contributed by atoms with van der Waals surface area (Å²) in [4.78, 5) is 12.8. The Kier molecular flexibility index (Phi) is 6.79. The van der Waals surface area contributed by atoms with Crippen LogP contribution in [0, 0.1) is 0 Å². The third kappa shape index (κ3) is 6.77. The van der Waals surface area contributed by atoms with Gasteiger partial charge in [-0.2, -0.15) is 13.2 Å². The molecule has 0 amide bonds. The molecule has 0 bridgehead atoms. The van der Waals surface area contributed by atoms with Crippen LogP contribution in [-0.2, 0) is 9.53 Å². The van der Waals surface area contributed by atoms with Crippen LogP contribution in [0.4, 0.5) is 13.2 Å². The van der Waals surface area contributed by atoms with E-state index in [0.29, 0.717) is 0 Å². The summed E-state index contributed by atoms with van der Waals surface area (Å²) in [6, 6.07) is -0.467. The third-order valence-electron chi connectivity index (χ3n) is 2.87. The van der Waals surface area contributed by atoms with Crippen molar-refractivity contribution < 1.29 is 22.7 Å². The lowest BCUT2D eigenvalue weighted by Crippen LogP contribution is -2.52. The molecule has 0 radical (unpaired) electrons. The predicted octanol–water partition coefficient (Wildman–Crippen LogP) is 1.93.